The van der Waals surface area contributed by atoms with Crippen molar-refractivity contribution in [1.29, 1.82) is 0 Å². The van der Waals surface area contributed by atoms with Gasteiger partial charge in [0.15, 0.2) is 6.10 Å². The van der Waals surface area contributed by atoms with Crippen LogP contribution in [0.1, 0.15) is 6.42 Å². The summed E-state index contributed by atoms with van der Waals surface area (Å²) < 4.78 is 10.2. The Kier molecular flexibility index (Phi) is 6.33. The predicted octanol–water partition coefficient (Wildman–Crippen LogP) is -1.68. The molecule has 9 heteroatoms. The van der Waals surface area contributed by atoms with Crippen molar-refractivity contribution >= 4 is 11.9 Å². The summed E-state index contributed by atoms with van der Waals surface area (Å²) in [6.45, 7) is 3.71. The van der Waals surface area contributed by atoms with Crippen LogP contribution in [0.15, 0.2) is 0 Å². The molecule has 0 aromatic heterocycles. The number of carbonyl (C=O) groups is 2. The fraction of sp³-hybridized carbons (Fsp3) is 0.833. The van der Waals surface area contributed by atoms with Crippen molar-refractivity contribution in [2.45, 2.75) is 12.5 Å². The highest BCUT2D eigenvalue weighted by Crippen LogP contribution is 2.05. The Labute approximate surface area is 122 Å². The molecule has 120 valence electrons. The molecule has 0 bridgehead atoms. The molecule has 0 amide bonds. The molecule has 0 aliphatic carbocycles. The van der Waals surface area contributed by atoms with Gasteiger partial charge < -0.3 is 24.3 Å². The van der Waals surface area contributed by atoms with E-state index in [1.165, 1.54) is 10.1 Å². The molecular weight excluding hydrogens is 284 g/mol. The van der Waals surface area contributed by atoms with Crippen molar-refractivity contribution in [3.63, 3.8) is 0 Å². The summed E-state index contributed by atoms with van der Waals surface area (Å²) in [7, 11) is 0. The second kappa shape index (κ2) is 8.25. The monoisotopic (exact) mass is 304 g/mol. The zero-order valence-corrected chi connectivity index (χ0v) is 11.7. The summed E-state index contributed by atoms with van der Waals surface area (Å²) in [5.41, 5.74) is 0. The molecule has 0 saturated carbocycles. The van der Waals surface area contributed by atoms with E-state index in [2.05, 4.69) is 0 Å². The van der Waals surface area contributed by atoms with E-state index in [9.17, 15) is 14.7 Å². The van der Waals surface area contributed by atoms with Gasteiger partial charge in [-0.2, -0.15) is 0 Å². The van der Waals surface area contributed by atoms with Crippen LogP contribution in [0, 0.1) is 0 Å². The normalized spacial score (nSPS) is 22.5. The summed E-state index contributed by atoms with van der Waals surface area (Å²) >= 11 is 0. The number of ether oxygens (including phenoxy) is 2. The van der Waals surface area contributed by atoms with Gasteiger partial charge >= 0.3 is 11.9 Å². The summed E-state index contributed by atoms with van der Waals surface area (Å²) in [6, 6.07) is 0. The fourth-order valence-corrected chi connectivity index (χ4v) is 1.89. The van der Waals surface area contributed by atoms with Crippen molar-refractivity contribution in [3.05, 3.63) is 0 Å². The molecule has 2 fully saturated rings. The second-order valence-corrected chi connectivity index (χ2v) is 4.68. The van der Waals surface area contributed by atoms with Gasteiger partial charge in [-0.25, -0.2) is 4.79 Å². The molecule has 0 aromatic rings. The van der Waals surface area contributed by atoms with E-state index in [0.717, 1.165) is 0 Å². The zero-order chi connectivity index (χ0) is 15.1. The van der Waals surface area contributed by atoms with Crippen molar-refractivity contribution < 1.29 is 33.8 Å². The van der Waals surface area contributed by atoms with Crippen molar-refractivity contribution in [3.8, 4) is 0 Å². The van der Waals surface area contributed by atoms with Crippen LogP contribution in [0.5, 0.6) is 0 Å². The first-order valence-corrected chi connectivity index (χ1v) is 6.91. The van der Waals surface area contributed by atoms with Crippen LogP contribution >= 0.6 is 0 Å². The van der Waals surface area contributed by atoms with Crippen LogP contribution in [0.25, 0.3) is 0 Å². The van der Waals surface area contributed by atoms with Gasteiger partial charge in [0, 0.05) is 0 Å². The Balaban J connectivity index is 1.67. The lowest BCUT2D eigenvalue weighted by Gasteiger charge is -2.26. The van der Waals surface area contributed by atoms with Crippen molar-refractivity contribution in [1.82, 2.24) is 10.1 Å². The summed E-state index contributed by atoms with van der Waals surface area (Å²) in [6.07, 6.45) is -1.98. The molecule has 9 nitrogen and oxygen atoms in total. The van der Waals surface area contributed by atoms with Gasteiger partial charge in [-0.15, -0.1) is 10.1 Å². The van der Waals surface area contributed by atoms with Crippen molar-refractivity contribution in [2.75, 3.05) is 52.6 Å². The summed E-state index contributed by atoms with van der Waals surface area (Å²) in [5, 5.41) is 12.5. The van der Waals surface area contributed by atoms with Crippen LogP contribution in [0.3, 0.4) is 0 Å². The van der Waals surface area contributed by atoms with Crippen LogP contribution in [0.4, 0.5) is 0 Å². The Bertz CT molecular complexity index is 354. The minimum absolute atomic E-state index is 0.441. The van der Waals surface area contributed by atoms with Crippen LogP contribution in [-0.2, 0) is 28.7 Å². The lowest BCUT2D eigenvalue weighted by atomic mass is 10.2. The first-order valence-electron chi connectivity index (χ1n) is 6.91. The molecule has 0 aromatic carbocycles. The highest BCUT2D eigenvalue weighted by atomic mass is 16.7. The van der Waals surface area contributed by atoms with E-state index in [1.54, 1.807) is 0 Å². The number of aliphatic hydroxyl groups excluding tert-OH is 1. The Morgan fingerprint density at radius 2 is 1.43 bits per heavy atom. The Hall–Kier alpha value is -1.26. The number of hydrogen-bond acceptors (Lipinski definition) is 9. The van der Waals surface area contributed by atoms with E-state index >= 15 is 0 Å². The lowest BCUT2D eigenvalue weighted by molar-refractivity contribution is -0.220. The second-order valence-electron chi connectivity index (χ2n) is 4.68. The Morgan fingerprint density at radius 1 is 0.952 bits per heavy atom. The number of nitrogens with zero attached hydrogens (tertiary/aromatic N) is 2. The molecule has 0 spiro atoms. The number of rotatable bonds is 5. The van der Waals surface area contributed by atoms with E-state index in [-0.39, 0.29) is 0 Å². The number of hydrogen-bond donors (Lipinski definition) is 1. The number of aliphatic hydroxyl groups is 1. The average Bonchev–Trinajstić information content (AvgIpc) is 2.49. The summed E-state index contributed by atoms with van der Waals surface area (Å²) in [4.78, 5) is 33.2. The molecule has 2 heterocycles. The smallest absolute Gasteiger partial charge is 0.354 e. The maximum atomic E-state index is 11.6. The van der Waals surface area contributed by atoms with Crippen LogP contribution < -0.4 is 0 Å². The van der Waals surface area contributed by atoms with E-state index < -0.39 is 24.5 Å². The van der Waals surface area contributed by atoms with Crippen LogP contribution in [-0.4, -0.2) is 85.9 Å². The third-order valence-electron chi connectivity index (χ3n) is 3.02. The SMILES string of the molecule is O=C(CC(O)C(=O)ON1CCOCC1)ON1CCOCC1. The highest BCUT2D eigenvalue weighted by molar-refractivity contribution is 5.81. The molecule has 21 heavy (non-hydrogen) atoms. The molecular formula is C12H20N2O7. The summed E-state index contributed by atoms with van der Waals surface area (Å²) in [5.74, 6) is -1.54. The first kappa shape index (κ1) is 16.1. The maximum absolute atomic E-state index is 11.6. The third-order valence-corrected chi connectivity index (χ3v) is 3.02. The largest absolute Gasteiger partial charge is 0.381 e. The third kappa shape index (κ3) is 5.56. The van der Waals surface area contributed by atoms with Crippen molar-refractivity contribution in [2.24, 2.45) is 0 Å². The molecule has 2 rings (SSSR count). The van der Waals surface area contributed by atoms with Gasteiger partial charge in [-0.3, -0.25) is 4.79 Å². The van der Waals surface area contributed by atoms with Crippen LogP contribution in [0.2, 0.25) is 0 Å². The first-order chi connectivity index (χ1) is 10.1. The van der Waals surface area contributed by atoms with E-state index in [1.807, 2.05) is 0 Å². The predicted molar refractivity (Wildman–Crippen MR) is 67.6 cm³/mol. The van der Waals surface area contributed by atoms with Gasteiger partial charge in [-0.05, 0) is 0 Å². The molecule has 2 aliphatic heterocycles. The molecule has 2 aliphatic rings. The van der Waals surface area contributed by atoms with E-state index in [0.29, 0.717) is 52.6 Å². The zero-order valence-electron chi connectivity index (χ0n) is 11.7. The van der Waals surface area contributed by atoms with Gasteiger partial charge in [-0.1, -0.05) is 0 Å². The molecule has 2 saturated heterocycles. The minimum atomic E-state index is -1.54. The molecule has 1 N–H and O–H groups in total. The van der Waals surface area contributed by atoms with E-state index in [4.69, 9.17) is 19.1 Å². The van der Waals surface area contributed by atoms with Gasteiger partial charge in [0.25, 0.3) is 0 Å². The number of morpholine rings is 2. The highest BCUT2D eigenvalue weighted by Gasteiger charge is 2.26. The number of carbonyl (C=O) groups excluding carboxylic acids is 2. The van der Waals surface area contributed by atoms with Gasteiger partial charge in [0.2, 0.25) is 0 Å². The standard InChI is InChI=1S/C12H20N2O7/c15-10(12(17)21-14-3-7-19-8-4-14)9-11(16)20-13-1-5-18-6-2-13/h10,15H,1-9H2. The molecule has 1 unspecified atom stereocenters. The lowest BCUT2D eigenvalue weighted by Crippen LogP contribution is -2.42. The maximum Gasteiger partial charge on any atom is 0.354 e. The Morgan fingerprint density at radius 3 is 1.95 bits per heavy atom. The molecule has 1 atom stereocenters. The molecule has 0 radical (unpaired) electrons. The number of hydroxylamine groups is 4. The minimum Gasteiger partial charge on any atom is -0.381 e. The average molecular weight is 304 g/mol. The van der Waals surface area contributed by atoms with Gasteiger partial charge in [0.05, 0.1) is 59.0 Å². The fourth-order valence-electron chi connectivity index (χ4n) is 1.89. The van der Waals surface area contributed by atoms with Gasteiger partial charge in [0.1, 0.15) is 0 Å². The quantitative estimate of drug-likeness (QED) is 0.638. The topological polar surface area (TPSA) is 97.8 Å².